The van der Waals surface area contributed by atoms with Gasteiger partial charge in [-0.15, -0.1) is 0 Å². The Morgan fingerprint density at radius 2 is 2.22 bits per heavy atom. The molecule has 0 saturated heterocycles. The van der Waals surface area contributed by atoms with Gasteiger partial charge in [-0.3, -0.25) is 4.90 Å². The predicted molar refractivity (Wildman–Crippen MR) is 85.5 cm³/mol. The van der Waals surface area contributed by atoms with Crippen molar-refractivity contribution in [2.45, 2.75) is 26.4 Å². The van der Waals surface area contributed by atoms with Crippen molar-refractivity contribution in [3.05, 3.63) is 53.4 Å². The molecule has 4 rings (SSSR count). The first-order chi connectivity index (χ1) is 11.2. The molecule has 0 bridgehead atoms. The monoisotopic (exact) mass is 309 g/mol. The van der Waals surface area contributed by atoms with Gasteiger partial charge >= 0.3 is 0 Å². The van der Waals surface area contributed by atoms with Gasteiger partial charge in [0.05, 0.1) is 18.6 Å². The normalized spacial score (nSPS) is 14.9. The lowest BCUT2D eigenvalue weighted by Gasteiger charge is -2.25. The smallest absolute Gasteiger partial charge is 0.257 e. The highest BCUT2D eigenvalue weighted by atomic mass is 16.5. The number of hydrogen-bond acceptors (Lipinski definition) is 5. The molecule has 0 unspecified atom stereocenters. The second-order valence-electron chi connectivity index (χ2n) is 6.09. The van der Waals surface area contributed by atoms with Crippen molar-refractivity contribution in [1.29, 1.82) is 0 Å². The van der Waals surface area contributed by atoms with Crippen molar-refractivity contribution in [1.82, 2.24) is 24.6 Å². The third-order valence-corrected chi connectivity index (χ3v) is 4.28. The number of benzene rings is 1. The summed E-state index contributed by atoms with van der Waals surface area (Å²) >= 11 is 0. The predicted octanol–water partition coefficient (Wildman–Crippen LogP) is 2.34. The van der Waals surface area contributed by atoms with Gasteiger partial charge in [0, 0.05) is 37.8 Å². The summed E-state index contributed by atoms with van der Waals surface area (Å²) in [6.45, 7) is 4.57. The Labute approximate surface area is 134 Å². The second kappa shape index (κ2) is 5.62. The van der Waals surface area contributed by atoms with E-state index >= 15 is 0 Å². The van der Waals surface area contributed by atoms with Crippen LogP contribution in [-0.4, -0.2) is 31.1 Å². The largest absolute Gasteiger partial charge is 0.337 e. The number of nitrogens with zero attached hydrogens (tertiary/aromatic N) is 5. The van der Waals surface area contributed by atoms with Crippen molar-refractivity contribution in [3.63, 3.8) is 0 Å². The van der Waals surface area contributed by atoms with Crippen LogP contribution in [0.1, 0.15) is 22.8 Å². The topological polar surface area (TPSA) is 60.0 Å². The summed E-state index contributed by atoms with van der Waals surface area (Å²) in [5.41, 5.74) is 4.63. The summed E-state index contributed by atoms with van der Waals surface area (Å²) in [6.07, 6.45) is 2.90. The van der Waals surface area contributed by atoms with Gasteiger partial charge in [-0.2, -0.15) is 4.98 Å². The van der Waals surface area contributed by atoms with Crippen LogP contribution >= 0.6 is 0 Å². The van der Waals surface area contributed by atoms with Crippen molar-refractivity contribution >= 4 is 0 Å². The molecule has 3 heterocycles. The highest BCUT2D eigenvalue weighted by Gasteiger charge is 2.21. The van der Waals surface area contributed by atoms with Crippen molar-refractivity contribution in [2.75, 3.05) is 6.54 Å². The second-order valence-corrected chi connectivity index (χ2v) is 6.09. The summed E-state index contributed by atoms with van der Waals surface area (Å²) < 4.78 is 7.52. The quantitative estimate of drug-likeness (QED) is 0.743. The number of imidazole rings is 1. The molecular weight excluding hydrogens is 290 g/mol. The lowest BCUT2D eigenvalue weighted by molar-refractivity contribution is 0.230. The highest BCUT2D eigenvalue weighted by Crippen LogP contribution is 2.21. The molecule has 1 aromatic carbocycles. The van der Waals surface area contributed by atoms with Crippen LogP contribution in [0.15, 0.2) is 35.1 Å². The highest BCUT2D eigenvalue weighted by molar-refractivity contribution is 5.53. The zero-order valence-corrected chi connectivity index (χ0v) is 13.4. The molecule has 6 heteroatoms. The number of fused-ring (bicyclic) bond motifs is 1. The zero-order chi connectivity index (χ0) is 15.8. The van der Waals surface area contributed by atoms with E-state index in [9.17, 15) is 0 Å². The van der Waals surface area contributed by atoms with E-state index < -0.39 is 0 Å². The third-order valence-electron chi connectivity index (χ3n) is 4.28. The number of hydrogen-bond donors (Lipinski definition) is 0. The van der Waals surface area contributed by atoms with Crippen molar-refractivity contribution in [3.8, 4) is 11.5 Å². The van der Waals surface area contributed by atoms with E-state index in [1.54, 1.807) is 0 Å². The Kier molecular flexibility index (Phi) is 3.46. The Bertz CT molecular complexity index is 835. The molecule has 1 aliphatic rings. The fraction of sp³-hybridized carbons (Fsp3) is 0.353. The molecule has 1 aliphatic heterocycles. The van der Waals surface area contributed by atoms with Crippen LogP contribution in [0.4, 0.5) is 0 Å². The lowest BCUT2D eigenvalue weighted by atomic mass is 10.1. The molecule has 0 aliphatic carbocycles. The maximum atomic E-state index is 5.41. The maximum absolute atomic E-state index is 5.41. The van der Waals surface area contributed by atoms with Gasteiger partial charge in [0.1, 0.15) is 0 Å². The first-order valence-electron chi connectivity index (χ1n) is 7.80. The van der Waals surface area contributed by atoms with Crippen LogP contribution in [0.25, 0.3) is 11.5 Å². The van der Waals surface area contributed by atoms with Gasteiger partial charge in [0.2, 0.25) is 0 Å². The van der Waals surface area contributed by atoms with Gasteiger partial charge < -0.3 is 9.09 Å². The van der Waals surface area contributed by atoms with Gasteiger partial charge in [0.25, 0.3) is 5.89 Å². The average molecular weight is 309 g/mol. The molecule has 6 nitrogen and oxygen atoms in total. The first kappa shape index (κ1) is 14.1. The summed E-state index contributed by atoms with van der Waals surface area (Å²) in [5, 5.41) is 4.12. The Morgan fingerprint density at radius 3 is 3.09 bits per heavy atom. The molecule has 0 amide bonds. The fourth-order valence-electron chi connectivity index (χ4n) is 3.06. The molecule has 0 radical (unpaired) electrons. The van der Waals surface area contributed by atoms with Crippen LogP contribution in [-0.2, 0) is 26.6 Å². The summed E-state index contributed by atoms with van der Waals surface area (Å²) in [6, 6.07) is 8.10. The molecule has 0 spiro atoms. The minimum atomic E-state index is 0.583. The van der Waals surface area contributed by atoms with Gasteiger partial charge in [-0.25, -0.2) is 4.98 Å². The molecule has 0 saturated carbocycles. The van der Waals surface area contributed by atoms with Crippen LogP contribution < -0.4 is 0 Å². The van der Waals surface area contributed by atoms with E-state index in [2.05, 4.69) is 50.7 Å². The maximum Gasteiger partial charge on any atom is 0.257 e. The Hall–Kier alpha value is -2.47. The fourth-order valence-corrected chi connectivity index (χ4v) is 3.06. The number of aryl methyl sites for hydroxylation is 2. The molecule has 118 valence electrons. The van der Waals surface area contributed by atoms with Crippen LogP contribution in [0.5, 0.6) is 0 Å². The van der Waals surface area contributed by atoms with E-state index in [4.69, 9.17) is 4.52 Å². The van der Waals surface area contributed by atoms with Crippen molar-refractivity contribution in [2.24, 2.45) is 7.05 Å². The van der Waals surface area contributed by atoms with E-state index in [0.29, 0.717) is 12.4 Å². The molecule has 0 atom stereocenters. The first-order valence-corrected chi connectivity index (χ1v) is 7.80. The number of rotatable bonds is 3. The summed E-state index contributed by atoms with van der Waals surface area (Å²) in [7, 11) is 2.05. The van der Waals surface area contributed by atoms with E-state index in [1.165, 1.54) is 11.3 Å². The summed E-state index contributed by atoms with van der Waals surface area (Å²) in [4.78, 5) is 11.3. The van der Waals surface area contributed by atoms with Gasteiger partial charge in [0.15, 0.2) is 5.82 Å². The third kappa shape index (κ3) is 2.77. The van der Waals surface area contributed by atoms with Crippen LogP contribution in [0, 0.1) is 6.92 Å². The van der Waals surface area contributed by atoms with Crippen LogP contribution in [0.3, 0.4) is 0 Å². The standard InChI is InChI=1S/C17H19N5O/c1-12-4-3-5-13(8-12)17-19-16(20-23-17)10-22-7-6-15-14(9-22)18-11-21(15)2/h3-5,8,11H,6-7,9-10H2,1-2H3. The molecule has 0 N–H and O–H groups in total. The Balaban J connectivity index is 1.48. The van der Waals surface area contributed by atoms with Crippen molar-refractivity contribution < 1.29 is 4.52 Å². The van der Waals surface area contributed by atoms with Gasteiger partial charge in [-0.05, 0) is 19.1 Å². The molecule has 23 heavy (non-hydrogen) atoms. The molecule has 0 fully saturated rings. The average Bonchev–Trinajstić information content (AvgIpc) is 3.15. The molecule has 3 aromatic rings. The summed E-state index contributed by atoms with van der Waals surface area (Å²) in [5.74, 6) is 1.31. The van der Waals surface area contributed by atoms with E-state index in [-0.39, 0.29) is 0 Å². The minimum Gasteiger partial charge on any atom is -0.337 e. The lowest BCUT2D eigenvalue weighted by Crippen LogP contribution is -2.31. The SMILES string of the molecule is Cc1cccc(-c2nc(CN3CCc4c(ncn4C)C3)no2)c1. The Morgan fingerprint density at radius 1 is 1.30 bits per heavy atom. The van der Waals surface area contributed by atoms with E-state index in [1.807, 2.05) is 18.5 Å². The van der Waals surface area contributed by atoms with Crippen LogP contribution in [0.2, 0.25) is 0 Å². The molecular formula is C17H19N5O. The number of aromatic nitrogens is 4. The zero-order valence-electron chi connectivity index (χ0n) is 13.4. The van der Waals surface area contributed by atoms with Gasteiger partial charge in [-0.1, -0.05) is 22.9 Å². The molecule has 2 aromatic heterocycles. The minimum absolute atomic E-state index is 0.583. The van der Waals surface area contributed by atoms with E-state index in [0.717, 1.165) is 36.6 Å².